The predicted octanol–water partition coefficient (Wildman–Crippen LogP) is 3.03. The molecule has 2 unspecified atom stereocenters. The van der Waals surface area contributed by atoms with Gasteiger partial charge in [-0.05, 0) is 24.5 Å². The predicted molar refractivity (Wildman–Crippen MR) is 66.8 cm³/mol. The van der Waals surface area contributed by atoms with Crippen LogP contribution in [-0.4, -0.2) is 17.8 Å². The van der Waals surface area contributed by atoms with E-state index in [1.807, 2.05) is 31.2 Å². The first-order valence-electron chi connectivity index (χ1n) is 5.85. The molecule has 0 fully saturated rings. The second-order valence-corrected chi connectivity index (χ2v) is 4.66. The molecule has 0 aliphatic rings. The highest BCUT2D eigenvalue weighted by Gasteiger charge is 2.28. The van der Waals surface area contributed by atoms with Crippen LogP contribution >= 0.6 is 0 Å². The minimum Gasteiger partial charge on any atom is -0.496 e. The van der Waals surface area contributed by atoms with Crippen LogP contribution in [0.15, 0.2) is 24.3 Å². The number of para-hydroxylation sites is 1. The fourth-order valence-electron chi connectivity index (χ4n) is 1.85. The van der Waals surface area contributed by atoms with Gasteiger partial charge in [0.2, 0.25) is 0 Å². The van der Waals surface area contributed by atoms with E-state index in [9.17, 15) is 5.11 Å². The lowest BCUT2D eigenvalue weighted by Gasteiger charge is -2.30. The van der Waals surface area contributed by atoms with Crippen LogP contribution in [0.25, 0.3) is 0 Å². The number of rotatable bonds is 5. The van der Waals surface area contributed by atoms with Gasteiger partial charge < -0.3 is 9.84 Å². The summed E-state index contributed by atoms with van der Waals surface area (Å²) >= 11 is 0. The first kappa shape index (κ1) is 13.0. The molecule has 0 aliphatic carbocycles. The zero-order chi connectivity index (χ0) is 12.2. The Balaban J connectivity index is 2.87. The van der Waals surface area contributed by atoms with E-state index >= 15 is 0 Å². The summed E-state index contributed by atoms with van der Waals surface area (Å²) in [5.74, 6) is 1.13. The number of benzene rings is 1. The summed E-state index contributed by atoms with van der Waals surface area (Å²) in [6.45, 7) is 6.07. The first-order chi connectivity index (χ1) is 7.51. The van der Waals surface area contributed by atoms with E-state index in [-0.39, 0.29) is 5.92 Å². The van der Waals surface area contributed by atoms with Gasteiger partial charge in [-0.3, -0.25) is 0 Å². The zero-order valence-electron chi connectivity index (χ0n) is 10.7. The Bertz CT molecular complexity index is 331. The third-order valence-corrected chi connectivity index (χ3v) is 3.41. The number of hydrogen-bond acceptors (Lipinski definition) is 2. The van der Waals surface area contributed by atoms with Gasteiger partial charge >= 0.3 is 0 Å². The molecule has 0 saturated carbocycles. The largest absolute Gasteiger partial charge is 0.496 e. The number of methoxy groups -OCH3 is 1. The van der Waals surface area contributed by atoms with Crippen molar-refractivity contribution >= 4 is 0 Å². The quantitative estimate of drug-likeness (QED) is 0.829. The fraction of sp³-hybridized carbons (Fsp3) is 0.571. The minimum atomic E-state index is -0.677. The molecule has 0 aliphatic heterocycles. The van der Waals surface area contributed by atoms with Crippen molar-refractivity contribution in [3.05, 3.63) is 29.8 Å². The Morgan fingerprint density at radius 1 is 1.38 bits per heavy atom. The molecule has 1 rings (SSSR count). The van der Waals surface area contributed by atoms with E-state index in [0.717, 1.165) is 17.7 Å². The normalized spacial score (nSPS) is 16.6. The van der Waals surface area contributed by atoms with Gasteiger partial charge in [0.15, 0.2) is 0 Å². The van der Waals surface area contributed by atoms with E-state index in [2.05, 4.69) is 13.8 Å². The molecule has 2 nitrogen and oxygen atoms in total. The summed E-state index contributed by atoms with van der Waals surface area (Å²) in [6.07, 6.45) is 1.61. The third kappa shape index (κ3) is 2.99. The maximum atomic E-state index is 10.4. The van der Waals surface area contributed by atoms with Gasteiger partial charge in [-0.1, -0.05) is 38.5 Å². The summed E-state index contributed by atoms with van der Waals surface area (Å²) < 4.78 is 5.29. The number of ether oxygens (including phenoxy) is 1. The monoisotopic (exact) mass is 222 g/mol. The number of hydrogen-bond donors (Lipinski definition) is 1. The lowest BCUT2D eigenvalue weighted by molar-refractivity contribution is 0.00472. The number of aliphatic hydroxyl groups is 1. The highest BCUT2D eigenvalue weighted by molar-refractivity contribution is 5.34. The summed E-state index contributed by atoms with van der Waals surface area (Å²) in [7, 11) is 1.66. The van der Waals surface area contributed by atoms with E-state index < -0.39 is 5.60 Å². The summed E-state index contributed by atoms with van der Waals surface area (Å²) in [4.78, 5) is 0. The molecule has 1 N–H and O–H groups in total. The Labute approximate surface area is 98.3 Å². The van der Waals surface area contributed by atoms with Crippen LogP contribution in [-0.2, 0) is 6.42 Å². The molecule has 16 heavy (non-hydrogen) atoms. The minimum absolute atomic E-state index is 0.275. The van der Waals surface area contributed by atoms with Crippen molar-refractivity contribution in [3.8, 4) is 5.75 Å². The molecule has 0 heterocycles. The molecule has 0 radical (unpaired) electrons. The average molecular weight is 222 g/mol. The summed E-state index contributed by atoms with van der Waals surface area (Å²) in [5, 5.41) is 10.4. The molecular formula is C14H22O2. The Kier molecular flexibility index (Phi) is 4.36. The lowest BCUT2D eigenvalue weighted by Crippen LogP contribution is -2.35. The Hall–Kier alpha value is -1.02. The second kappa shape index (κ2) is 5.35. The molecule has 0 amide bonds. The van der Waals surface area contributed by atoms with Crippen molar-refractivity contribution in [1.82, 2.24) is 0 Å². The molecule has 2 heteroatoms. The highest BCUT2D eigenvalue weighted by atomic mass is 16.5. The SMILES string of the molecule is CCC(C)C(C)(O)Cc1ccccc1OC. The van der Waals surface area contributed by atoms with Gasteiger partial charge in [-0.2, -0.15) is 0 Å². The summed E-state index contributed by atoms with van der Waals surface area (Å²) in [6, 6.07) is 7.86. The van der Waals surface area contributed by atoms with Crippen molar-refractivity contribution < 1.29 is 9.84 Å². The van der Waals surface area contributed by atoms with Crippen LogP contribution in [0.4, 0.5) is 0 Å². The van der Waals surface area contributed by atoms with Crippen molar-refractivity contribution in [1.29, 1.82) is 0 Å². The van der Waals surface area contributed by atoms with Gasteiger partial charge in [0.05, 0.1) is 12.7 Å². The van der Waals surface area contributed by atoms with Crippen LogP contribution in [0, 0.1) is 5.92 Å². The van der Waals surface area contributed by atoms with Crippen molar-refractivity contribution in [3.63, 3.8) is 0 Å². The zero-order valence-corrected chi connectivity index (χ0v) is 10.7. The average Bonchev–Trinajstić information content (AvgIpc) is 2.28. The maximum absolute atomic E-state index is 10.4. The van der Waals surface area contributed by atoms with Gasteiger partial charge in [-0.15, -0.1) is 0 Å². The first-order valence-corrected chi connectivity index (χ1v) is 5.85. The molecule has 2 atom stereocenters. The molecule has 0 bridgehead atoms. The van der Waals surface area contributed by atoms with Crippen LogP contribution < -0.4 is 4.74 Å². The molecule has 0 saturated heterocycles. The van der Waals surface area contributed by atoms with E-state index in [1.165, 1.54) is 0 Å². The van der Waals surface area contributed by atoms with Crippen molar-refractivity contribution in [2.75, 3.05) is 7.11 Å². The standard InChI is InChI=1S/C14H22O2/c1-5-11(2)14(3,15)10-12-8-6-7-9-13(12)16-4/h6-9,11,15H,5,10H2,1-4H3. The maximum Gasteiger partial charge on any atom is 0.122 e. The van der Waals surface area contributed by atoms with Gasteiger partial charge in [0, 0.05) is 6.42 Å². The van der Waals surface area contributed by atoms with Crippen molar-refractivity contribution in [2.24, 2.45) is 5.92 Å². The molecule has 90 valence electrons. The van der Waals surface area contributed by atoms with Crippen LogP contribution in [0.3, 0.4) is 0 Å². The highest BCUT2D eigenvalue weighted by Crippen LogP contribution is 2.28. The molecule has 0 aromatic heterocycles. The van der Waals surface area contributed by atoms with Crippen LogP contribution in [0.1, 0.15) is 32.8 Å². The van der Waals surface area contributed by atoms with Crippen molar-refractivity contribution in [2.45, 2.75) is 39.2 Å². The van der Waals surface area contributed by atoms with Crippen LogP contribution in [0.5, 0.6) is 5.75 Å². The Morgan fingerprint density at radius 2 is 2.00 bits per heavy atom. The van der Waals surface area contributed by atoms with E-state index in [0.29, 0.717) is 6.42 Å². The molecular weight excluding hydrogens is 200 g/mol. The molecule has 1 aromatic carbocycles. The lowest BCUT2D eigenvalue weighted by atomic mass is 9.83. The van der Waals surface area contributed by atoms with Crippen LogP contribution in [0.2, 0.25) is 0 Å². The van der Waals surface area contributed by atoms with Gasteiger partial charge in [-0.25, -0.2) is 0 Å². The Morgan fingerprint density at radius 3 is 2.56 bits per heavy atom. The smallest absolute Gasteiger partial charge is 0.122 e. The summed E-state index contributed by atoms with van der Waals surface area (Å²) in [5.41, 5.74) is 0.388. The third-order valence-electron chi connectivity index (χ3n) is 3.41. The second-order valence-electron chi connectivity index (χ2n) is 4.66. The topological polar surface area (TPSA) is 29.5 Å². The molecule has 0 spiro atoms. The van der Waals surface area contributed by atoms with Gasteiger partial charge in [0.1, 0.15) is 5.75 Å². The van der Waals surface area contributed by atoms with E-state index in [1.54, 1.807) is 7.11 Å². The fourth-order valence-corrected chi connectivity index (χ4v) is 1.85. The molecule has 1 aromatic rings. The van der Waals surface area contributed by atoms with Gasteiger partial charge in [0.25, 0.3) is 0 Å². The van der Waals surface area contributed by atoms with E-state index in [4.69, 9.17) is 4.74 Å².